The molecule has 0 aliphatic rings. The van der Waals surface area contributed by atoms with E-state index < -0.39 is 0 Å². The number of amides is 1. The van der Waals surface area contributed by atoms with Crippen molar-refractivity contribution in [2.24, 2.45) is 0 Å². The number of nitrogens with zero attached hydrogens (tertiary/aromatic N) is 1. The van der Waals surface area contributed by atoms with Crippen molar-refractivity contribution in [3.63, 3.8) is 0 Å². The molecule has 0 radical (unpaired) electrons. The Labute approximate surface area is 94.1 Å². The van der Waals surface area contributed by atoms with Gasteiger partial charge in [0.2, 0.25) is 0 Å². The predicted molar refractivity (Wildman–Crippen MR) is 39.3 cm³/mol. The Hall–Kier alpha value is -0.768. The van der Waals surface area contributed by atoms with Gasteiger partial charge in [0, 0.05) is 6.07 Å². The quantitative estimate of drug-likeness (QED) is 0.609. The van der Waals surface area contributed by atoms with Gasteiger partial charge in [0.1, 0.15) is 0 Å². The van der Waals surface area contributed by atoms with Gasteiger partial charge in [-0.2, -0.15) is 12.1 Å². The van der Waals surface area contributed by atoms with Crippen LogP contribution < -0.4 is 5.32 Å². The molecule has 0 aliphatic heterocycles. The van der Waals surface area contributed by atoms with Crippen LogP contribution in [0.2, 0.25) is 0 Å². The van der Waals surface area contributed by atoms with Crippen LogP contribution in [0.1, 0.15) is 5.56 Å². The number of benzene rings is 1. The number of hydrogen-bond acceptors (Lipinski definition) is 2. The van der Waals surface area contributed by atoms with Crippen LogP contribution in [0.3, 0.4) is 0 Å². The van der Waals surface area contributed by atoms with Crippen molar-refractivity contribution in [3.05, 3.63) is 29.8 Å². The summed E-state index contributed by atoms with van der Waals surface area (Å²) in [4.78, 5) is 9.81. The molecule has 0 unspecified atom stereocenters. The number of hydrogen-bond donors (Lipinski definition) is 1. The molecule has 4 heteroatoms. The van der Waals surface area contributed by atoms with Gasteiger partial charge in [-0.3, -0.25) is 6.07 Å². The van der Waals surface area contributed by atoms with Crippen molar-refractivity contribution < 1.29 is 35.9 Å². The minimum atomic E-state index is 0. The van der Waals surface area contributed by atoms with Crippen molar-refractivity contribution in [1.82, 2.24) is 0 Å². The molecule has 0 aliphatic carbocycles. The third-order valence-corrected chi connectivity index (χ3v) is 1.13. The fourth-order valence-electron chi connectivity index (χ4n) is 0.627. The largest absolute Gasteiger partial charge is 2.00 e. The van der Waals surface area contributed by atoms with Crippen LogP contribution in [0.15, 0.2) is 18.2 Å². The van der Waals surface area contributed by atoms with E-state index >= 15 is 0 Å². The molecule has 0 fully saturated rings. The normalized spacial score (nSPS) is 7.58. The van der Waals surface area contributed by atoms with E-state index in [1.807, 2.05) is 6.07 Å². The van der Waals surface area contributed by atoms with Crippen molar-refractivity contribution in [2.45, 2.75) is 0 Å². The first-order valence-corrected chi connectivity index (χ1v) is 2.92. The van der Waals surface area contributed by atoms with E-state index in [1.54, 1.807) is 12.1 Å². The van der Waals surface area contributed by atoms with Crippen LogP contribution in [0.25, 0.3) is 0 Å². The average molecular weight is 382 g/mol. The molecule has 0 heterocycles. The number of anilines is 1. The maximum Gasteiger partial charge on any atom is 2.00 e. The van der Waals surface area contributed by atoms with Crippen molar-refractivity contribution in [3.8, 4) is 6.07 Å². The summed E-state index contributed by atoms with van der Waals surface area (Å²) in [5, 5.41) is 10.7. The van der Waals surface area contributed by atoms with Gasteiger partial charge in [-0.05, 0) is 0 Å². The van der Waals surface area contributed by atoms with E-state index in [2.05, 4.69) is 11.4 Å². The van der Waals surface area contributed by atoms with E-state index in [1.165, 1.54) is 12.5 Å². The van der Waals surface area contributed by atoms with Gasteiger partial charge >= 0.3 is 31.1 Å². The second kappa shape index (κ2) is 5.83. The average Bonchev–Trinajstić information content (AvgIpc) is 2.07. The van der Waals surface area contributed by atoms with E-state index in [9.17, 15) is 4.79 Å². The van der Waals surface area contributed by atoms with Gasteiger partial charge in [0.15, 0.2) is 0 Å². The van der Waals surface area contributed by atoms with E-state index in [-0.39, 0.29) is 31.1 Å². The summed E-state index contributed by atoms with van der Waals surface area (Å²) >= 11 is 0. The molecule has 0 atom stereocenters. The molecule has 1 aromatic rings. The van der Waals surface area contributed by atoms with Crippen molar-refractivity contribution >= 4 is 12.1 Å². The van der Waals surface area contributed by atoms with Crippen LogP contribution in [0.4, 0.5) is 5.69 Å². The molecule has 0 bridgehead atoms. The van der Waals surface area contributed by atoms with Crippen molar-refractivity contribution in [2.75, 3.05) is 5.32 Å². The van der Waals surface area contributed by atoms with Gasteiger partial charge < -0.3 is 10.1 Å². The summed E-state index contributed by atoms with van der Waals surface area (Å²) in [6, 6.07) is 9.31. The van der Waals surface area contributed by atoms with E-state index in [0.29, 0.717) is 11.3 Å². The molecule has 0 saturated carbocycles. The van der Waals surface area contributed by atoms with Crippen LogP contribution in [-0.2, 0) is 4.79 Å². The fraction of sp³-hybridized carbons (Fsp3) is 0. The Morgan fingerprint density at radius 3 is 2.75 bits per heavy atom. The fourth-order valence-corrected chi connectivity index (χ4v) is 0.627. The molecule has 1 N–H and O–H groups in total. The molecule has 0 saturated heterocycles. The Bertz CT molecular complexity index is 289. The molecule has 1 amide bonds. The second-order valence-corrected chi connectivity index (χ2v) is 1.83. The minimum Gasteiger partial charge on any atom is -0.511 e. The monoisotopic (exact) mass is 382 g/mol. The summed E-state index contributed by atoms with van der Waals surface area (Å²) in [6.45, 7) is 0. The third-order valence-electron chi connectivity index (χ3n) is 1.13. The van der Waals surface area contributed by atoms with Crippen LogP contribution >= 0.6 is 0 Å². The standard InChI is InChI=1S/C8H4N2O.U/c9-5-7-1-3-8(4-2-7)10-6-11;/h1-3H,(H,10,11);/q-2;+2. The Morgan fingerprint density at radius 2 is 2.33 bits per heavy atom. The van der Waals surface area contributed by atoms with E-state index in [0.717, 1.165) is 0 Å². The first kappa shape index (κ1) is 11.2. The second-order valence-electron chi connectivity index (χ2n) is 1.83. The summed E-state index contributed by atoms with van der Waals surface area (Å²) in [5.74, 6) is 0. The SMILES string of the molecule is N#Cc1c[c-]c(N[C-]=O)cc1.[U+2]. The maximum atomic E-state index is 9.81. The smallest absolute Gasteiger partial charge is 0.511 e. The maximum absolute atomic E-state index is 9.81. The molecule has 56 valence electrons. The summed E-state index contributed by atoms with van der Waals surface area (Å²) < 4.78 is 0. The van der Waals surface area contributed by atoms with Crippen LogP contribution in [-0.4, -0.2) is 6.41 Å². The zero-order valence-electron chi connectivity index (χ0n) is 6.09. The molecule has 1 aromatic carbocycles. The zero-order chi connectivity index (χ0) is 8.10. The Morgan fingerprint density at radius 1 is 1.58 bits per heavy atom. The first-order valence-electron chi connectivity index (χ1n) is 2.92. The molecule has 0 spiro atoms. The van der Waals surface area contributed by atoms with Crippen LogP contribution in [0.5, 0.6) is 0 Å². The minimum absolute atomic E-state index is 0. The molecule has 12 heavy (non-hydrogen) atoms. The first-order chi connectivity index (χ1) is 5.36. The molecule has 3 nitrogen and oxygen atoms in total. The molecule has 1 rings (SSSR count). The number of nitriles is 1. The molecule has 0 aromatic heterocycles. The van der Waals surface area contributed by atoms with Crippen molar-refractivity contribution in [1.29, 1.82) is 5.26 Å². The topological polar surface area (TPSA) is 52.9 Å². The zero-order valence-corrected chi connectivity index (χ0v) is 10.3. The number of nitrogens with one attached hydrogen (secondary N) is 1. The summed E-state index contributed by atoms with van der Waals surface area (Å²) in [7, 11) is 0. The van der Waals surface area contributed by atoms with Gasteiger partial charge in [-0.15, -0.1) is 0 Å². The predicted octanol–water partition coefficient (Wildman–Crippen LogP) is 0.838. The Balaban J connectivity index is 0.00000121. The number of rotatable bonds is 2. The summed E-state index contributed by atoms with van der Waals surface area (Å²) in [5.41, 5.74) is 1.03. The van der Waals surface area contributed by atoms with Gasteiger partial charge in [0.25, 0.3) is 0 Å². The molecular formula is C8H4N2OU. The summed E-state index contributed by atoms with van der Waals surface area (Å²) in [6.07, 6.45) is 1.51. The number of carbonyl (C=O) groups excluding carboxylic acids is 1. The van der Waals surface area contributed by atoms with E-state index in [4.69, 9.17) is 5.26 Å². The van der Waals surface area contributed by atoms with Gasteiger partial charge in [-0.1, -0.05) is 5.56 Å². The van der Waals surface area contributed by atoms with Crippen LogP contribution in [0, 0.1) is 48.5 Å². The Kier molecular flexibility index (Phi) is 5.46. The van der Waals surface area contributed by atoms with Gasteiger partial charge in [-0.25, -0.2) is 17.0 Å². The van der Waals surface area contributed by atoms with Gasteiger partial charge in [0.05, 0.1) is 6.41 Å². The molecular weight excluding hydrogens is 378 g/mol. The third kappa shape index (κ3) is 3.09.